The lowest BCUT2D eigenvalue weighted by molar-refractivity contribution is -0.152. The van der Waals surface area contributed by atoms with Crippen LogP contribution in [0.4, 0.5) is 0 Å². The highest BCUT2D eigenvalue weighted by Gasteiger charge is 2.43. The van der Waals surface area contributed by atoms with Crippen molar-refractivity contribution in [3.63, 3.8) is 0 Å². The number of carbonyl (C=O) groups excluding carboxylic acids is 3. The molecule has 1 aromatic rings. The van der Waals surface area contributed by atoms with Crippen LogP contribution in [0.2, 0.25) is 0 Å². The zero-order chi connectivity index (χ0) is 22.7. The Labute approximate surface area is 185 Å². The van der Waals surface area contributed by atoms with Gasteiger partial charge in [0.05, 0.1) is 12.4 Å². The van der Waals surface area contributed by atoms with Crippen LogP contribution in [-0.4, -0.2) is 92.4 Å². The molecule has 0 saturated carbocycles. The first-order chi connectivity index (χ1) is 15.5. The van der Waals surface area contributed by atoms with Crippen LogP contribution in [0.15, 0.2) is 12.5 Å². The van der Waals surface area contributed by atoms with Crippen LogP contribution in [0.3, 0.4) is 0 Å². The third kappa shape index (κ3) is 4.62. The Hall–Kier alpha value is -2.95. The normalized spacial score (nSPS) is 26.3. The van der Waals surface area contributed by atoms with Crippen molar-refractivity contribution in [2.75, 3.05) is 19.6 Å². The number of carboxylic acid groups (broad SMARTS) is 1. The predicted molar refractivity (Wildman–Crippen MR) is 112 cm³/mol. The molecule has 174 valence electrons. The van der Waals surface area contributed by atoms with E-state index < -0.39 is 24.1 Å². The van der Waals surface area contributed by atoms with E-state index in [-0.39, 0.29) is 30.2 Å². The highest BCUT2D eigenvalue weighted by Crippen LogP contribution is 2.26. The van der Waals surface area contributed by atoms with E-state index in [9.17, 15) is 24.3 Å². The molecule has 11 heteroatoms. The SMILES string of the molecule is O=C(NC(Cc1cnc[nH]1)C(=O)N1CCCC1C(=O)N1CCCC1C(=O)O)C1CCCN1. The fraction of sp³-hybridized carbons (Fsp3) is 0.667. The Morgan fingerprint density at radius 1 is 1.09 bits per heavy atom. The number of aromatic amines is 1. The Kier molecular flexibility index (Phi) is 6.73. The van der Waals surface area contributed by atoms with Crippen molar-refractivity contribution in [3.05, 3.63) is 18.2 Å². The van der Waals surface area contributed by atoms with Crippen molar-refractivity contribution in [2.24, 2.45) is 0 Å². The molecule has 4 N–H and O–H groups in total. The molecule has 3 amide bonds. The molecule has 0 radical (unpaired) electrons. The number of imidazole rings is 1. The van der Waals surface area contributed by atoms with E-state index in [2.05, 4.69) is 20.6 Å². The molecule has 4 atom stereocenters. The quantitative estimate of drug-likeness (QED) is 0.431. The maximum absolute atomic E-state index is 13.5. The number of nitrogens with zero attached hydrogens (tertiary/aromatic N) is 3. The van der Waals surface area contributed by atoms with Crippen LogP contribution in [0, 0.1) is 0 Å². The van der Waals surface area contributed by atoms with Crippen molar-refractivity contribution in [1.82, 2.24) is 30.4 Å². The first kappa shape index (κ1) is 22.3. The number of amides is 3. The third-order valence-corrected chi connectivity index (χ3v) is 6.61. The Bertz CT molecular complexity index is 853. The van der Waals surface area contributed by atoms with Crippen LogP contribution >= 0.6 is 0 Å². The van der Waals surface area contributed by atoms with Crippen molar-refractivity contribution >= 4 is 23.7 Å². The number of aromatic nitrogens is 2. The summed E-state index contributed by atoms with van der Waals surface area (Å²) in [7, 11) is 0. The number of rotatable bonds is 7. The van der Waals surface area contributed by atoms with Gasteiger partial charge >= 0.3 is 5.97 Å². The van der Waals surface area contributed by atoms with Gasteiger partial charge in [-0.05, 0) is 45.1 Å². The maximum atomic E-state index is 13.5. The zero-order valence-corrected chi connectivity index (χ0v) is 18.0. The minimum atomic E-state index is -1.01. The highest BCUT2D eigenvalue weighted by molar-refractivity contribution is 5.95. The molecule has 3 aliphatic heterocycles. The number of aliphatic carboxylic acids is 1. The van der Waals surface area contributed by atoms with Crippen LogP contribution in [0.5, 0.6) is 0 Å². The summed E-state index contributed by atoms with van der Waals surface area (Å²) in [6.45, 7) is 1.55. The van der Waals surface area contributed by atoms with Crippen molar-refractivity contribution in [1.29, 1.82) is 0 Å². The molecule has 3 fully saturated rings. The Morgan fingerprint density at radius 2 is 1.84 bits per heavy atom. The summed E-state index contributed by atoms with van der Waals surface area (Å²) in [5.74, 6) is -1.88. The van der Waals surface area contributed by atoms with E-state index in [4.69, 9.17) is 0 Å². The Balaban J connectivity index is 1.50. The molecule has 11 nitrogen and oxygen atoms in total. The lowest BCUT2D eigenvalue weighted by atomic mass is 10.1. The summed E-state index contributed by atoms with van der Waals surface area (Å²) in [4.78, 5) is 60.9. The smallest absolute Gasteiger partial charge is 0.326 e. The van der Waals surface area contributed by atoms with E-state index in [1.807, 2.05) is 0 Å². The van der Waals surface area contributed by atoms with Gasteiger partial charge in [0.15, 0.2) is 0 Å². The summed E-state index contributed by atoms with van der Waals surface area (Å²) in [6, 6.07) is -2.71. The Morgan fingerprint density at radius 3 is 2.50 bits per heavy atom. The number of likely N-dealkylation sites (tertiary alicyclic amines) is 2. The molecule has 4 heterocycles. The van der Waals surface area contributed by atoms with Gasteiger partial charge in [0.25, 0.3) is 0 Å². The summed E-state index contributed by atoms with van der Waals surface area (Å²) < 4.78 is 0. The summed E-state index contributed by atoms with van der Waals surface area (Å²) in [5, 5.41) is 15.5. The fourth-order valence-electron chi connectivity index (χ4n) is 4.96. The van der Waals surface area contributed by atoms with Gasteiger partial charge in [0, 0.05) is 31.4 Å². The van der Waals surface area contributed by atoms with Crippen LogP contribution in [-0.2, 0) is 25.6 Å². The van der Waals surface area contributed by atoms with Crippen molar-refractivity contribution in [3.8, 4) is 0 Å². The minimum absolute atomic E-state index is 0.229. The van der Waals surface area contributed by atoms with Gasteiger partial charge in [0.1, 0.15) is 18.1 Å². The highest BCUT2D eigenvalue weighted by atomic mass is 16.4. The van der Waals surface area contributed by atoms with Crippen LogP contribution < -0.4 is 10.6 Å². The lowest BCUT2D eigenvalue weighted by Crippen LogP contribution is -2.57. The van der Waals surface area contributed by atoms with Gasteiger partial charge in [-0.25, -0.2) is 9.78 Å². The average molecular weight is 447 g/mol. The number of hydrogen-bond donors (Lipinski definition) is 4. The molecule has 0 aromatic carbocycles. The molecule has 32 heavy (non-hydrogen) atoms. The zero-order valence-electron chi connectivity index (χ0n) is 18.0. The van der Waals surface area contributed by atoms with E-state index >= 15 is 0 Å². The van der Waals surface area contributed by atoms with Gasteiger partial charge in [-0.3, -0.25) is 14.4 Å². The molecule has 0 spiro atoms. The van der Waals surface area contributed by atoms with Crippen LogP contribution in [0.25, 0.3) is 0 Å². The van der Waals surface area contributed by atoms with E-state index in [0.717, 1.165) is 13.0 Å². The first-order valence-electron chi connectivity index (χ1n) is 11.3. The second-order valence-electron chi connectivity index (χ2n) is 8.71. The van der Waals surface area contributed by atoms with Gasteiger partial charge < -0.3 is 30.5 Å². The maximum Gasteiger partial charge on any atom is 0.326 e. The van der Waals surface area contributed by atoms with Crippen molar-refractivity contribution < 1.29 is 24.3 Å². The molecule has 3 aliphatic rings. The number of carbonyl (C=O) groups is 4. The van der Waals surface area contributed by atoms with Gasteiger partial charge in [-0.1, -0.05) is 0 Å². The molecule has 4 rings (SSSR count). The molecule has 4 unspecified atom stereocenters. The van der Waals surface area contributed by atoms with E-state index in [1.165, 1.54) is 16.1 Å². The van der Waals surface area contributed by atoms with E-state index in [1.54, 1.807) is 6.20 Å². The van der Waals surface area contributed by atoms with Crippen LogP contribution in [0.1, 0.15) is 44.2 Å². The van der Waals surface area contributed by atoms with Gasteiger partial charge in [-0.2, -0.15) is 0 Å². The third-order valence-electron chi connectivity index (χ3n) is 6.61. The largest absolute Gasteiger partial charge is 0.480 e. The molecule has 3 saturated heterocycles. The number of H-pyrrole nitrogens is 1. The van der Waals surface area contributed by atoms with E-state index in [0.29, 0.717) is 50.9 Å². The monoisotopic (exact) mass is 446 g/mol. The predicted octanol–water partition coefficient (Wildman–Crippen LogP) is -0.744. The van der Waals surface area contributed by atoms with Crippen molar-refractivity contribution in [2.45, 2.75) is 69.1 Å². The molecule has 1 aromatic heterocycles. The molecule has 0 aliphatic carbocycles. The average Bonchev–Trinajstić information content (AvgIpc) is 3.57. The topological polar surface area (TPSA) is 148 Å². The van der Waals surface area contributed by atoms with Gasteiger partial charge in [0.2, 0.25) is 17.7 Å². The lowest BCUT2D eigenvalue weighted by Gasteiger charge is -2.32. The summed E-state index contributed by atoms with van der Waals surface area (Å²) in [5.41, 5.74) is 0.704. The standard InChI is InChI=1S/C21H30N6O5/c28-18(14-4-1-7-23-14)25-15(10-13-11-22-12-24-13)19(29)26-8-2-5-16(26)20(30)27-9-3-6-17(27)21(31)32/h11-12,14-17,23H,1-10H2,(H,22,24)(H,25,28)(H,31,32). The minimum Gasteiger partial charge on any atom is -0.480 e. The summed E-state index contributed by atoms with van der Waals surface area (Å²) in [6.07, 6.45) is 7.17. The summed E-state index contributed by atoms with van der Waals surface area (Å²) >= 11 is 0. The molecule has 0 bridgehead atoms. The number of hydrogen-bond acceptors (Lipinski definition) is 6. The second kappa shape index (κ2) is 9.68. The fourth-order valence-corrected chi connectivity index (χ4v) is 4.96. The molecular weight excluding hydrogens is 416 g/mol. The number of nitrogens with one attached hydrogen (secondary N) is 3. The first-order valence-corrected chi connectivity index (χ1v) is 11.3. The number of carboxylic acids is 1. The molecular formula is C21H30N6O5. The second-order valence-corrected chi connectivity index (χ2v) is 8.71. The van der Waals surface area contributed by atoms with Gasteiger partial charge in [-0.15, -0.1) is 0 Å².